The Hall–Kier alpha value is -2.56. The van der Waals surface area contributed by atoms with E-state index in [0.29, 0.717) is 6.61 Å². The molecule has 2 heterocycles. The fraction of sp³-hybridized carbons (Fsp3) is 0.167. The average molecular weight is 433 g/mol. The van der Waals surface area contributed by atoms with Crippen molar-refractivity contribution < 1.29 is 4.74 Å². The van der Waals surface area contributed by atoms with Crippen LogP contribution in [0.15, 0.2) is 77.3 Å². The summed E-state index contributed by atoms with van der Waals surface area (Å²) < 4.78 is 7.16. The first-order valence-electron chi connectivity index (χ1n) is 9.58. The molecule has 3 aromatic carbocycles. The maximum atomic E-state index is 6.05. The average Bonchev–Trinajstić information content (AvgIpc) is 3.11. The number of nitrogens with one attached hydrogen (secondary N) is 2. The van der Waals surface area contributed by atoms with Crippen LogP contribution in [0.3, 0.4) is 0 Å². The Bertz CT molecular complexity index is 1120. The smallest absolute Gasteiger partial charge is 0.120 e. The van der Waals surface area contributed by atoms with Crippen LogP contribution in [0.25, 0.3) is 10.9 Å². The topological polar surface area (TPSA) is 37.0 Å². The Kier molecular flexibility index (Phi) is 4.67. The minimum absolute atomic E-state index is 0.183. The zero-order valence-electron chi connectivity index (χ0n) is 15.4. The van der Waals surface area contributed by atoms with Gasteiger partial charge in [0.2, 0.25) is 0 Å². The third-order valence-electron chi connectivity index (χ3n) is 5.35. The van der Waals surface area contributed by atoms with Crippen LogP contribution in [0, 0.1) is 0 Å². The van der Waals surface area contributed by atoms with E-state index in [4.69, 9.17) is 4.74 Å². The lowest BCUT2D eigenvalue weighted by molar-refractivity contribution is 0.306. The zero-order chi connectivity index (χ0) is 18.9. The Morgan fingerprint density at radius 1 is 0.964 bits per heavy atom. The van der Waals surface area contributed by atoms with Crippen molar-refractivity contribution in [1.82, 2.24) is 10.3 Å². The molecule has 28 heavy (non-hydrogen) atoms. The minimum atomic E-state index is 0.183. The second-order valence-corrected chi connectivity index (χ2v) is 8.11. The maximum Gasteiger partial charge on any atom is 0.120 e. The minimum Gasteiger partial charge on any atom is -0.489 e. The lowest BCUT2D eigenvalue weighted by atomic mass is 9.94. The number of H-pyrrole nitrogens is 1. The highest BCUT2D eigenvalue weighted by atomic mass is 79.9. The molecular formula is C24H21BrN2O. The molecule has 0 aliphatic carbocycles. The van der Waals surface area contributed by atoms with E-state index in [1.165, 1.54) is 33.3 Å². The van der Waals surface area contributed by atoms with E-state index in [1.54, 1.807) is 0 Å². The van der Waals surface area contributed by atoms with E-state index in [-0.39, 0.29) is 6.04 Å². The van der Waals surface area contributed by atoms with Crippen LogP contribution < -0.4 is 10.1 Å². The van der Waals surface area contributed by atoms with Gasteiger partial charge in [-0.1, -0.05) is 58.4 Å². The molecule has 0 saturated heterocycles. The Morgan fingerprint density at radius 3 is 2.71 bits per heavy atom. The maximum absolute atomic E-state index is 6.05. The molecule has 0 radical (unpaired) electrons. The number of aromatic nitrogens is 1. The molecule has 1 aromatic heterocycles. The number of rotatable bonds is 4. The second kappa shape index (κ2) is 7.46. The van der Waals surface area contributed by atoms with Crippen LogP contribution >= 0.6 is 15.9 Å². The van der Waals surface area contributed by atoms with Gasteiger partial charge in [0.05, 0.1) is 6.04 Å². The summed E-state index contributed by atoms with van der Waals surface area (Å²) in [7, 11) is 0. The Balaban J connectivity index is 1.48. The van der Waals surface area contributed by atoms with E-state index in [1.807, 2.05) is 18.2 Å². The molecule has 1 atom stereocenters. The largest absolute Gasteiger partial charge is 0.489 e. The third kappa shape index (κ3) is 3.34. The van der Waals surface area contributed by atoms with Crippen molar-refractivity contribution in [3.63, 3.8) is 0 Å². The molecule has 1 unspecified atom stereocenters. The van der Waals surface area contributed by atoms with Gasteiger partial charge in [0, 0.05) is 27.6 Å². The van der Waals surface area contributed by atoms with Gasteiger partial charge in [-0.3, -0.25) is 0 Å². The summed E-state index contributed by atoms with van der Waals surface area (Å²) in [6, 6.07) is 25.3. The highest BCUT2D eigenvalue weighted by molar-refractivity contribution is 9.10. The molecule has 1 aliphatic rings. The van der Waals surface area contributed by atoms with Crippen molar-refractivity contribution in [2.75, 3.05) is 6.54 Å². The molecule has 0 amide bonds. The Morgan fingerprint density at radius 2 is 1.86 bits per heavy atom. The summed E-state index contributed by atoms with van der Waals surface area (Å²) >= 11 is 3.59. The van der Waals surface area contributed by atoms with Gasteiger partial charge in [0.15, 0.2) is 0 Å². The van der Waals surface area contributed by atoms with E-state index in [9.17, 15) is 0 Å². The molecular weight excluding hydrogens is 412 g/mol. The van der Waals surface area contributed by atoms with Crippen molar-refractivity contribution >= 4 is 26.8 Å². The van der Waals surface area contributed by atoms with Gasteiger partial charge in [-0.2, -0.15) is 0 Å². The number of benzene rings is 3. The number of ether oxygens (including phenoxy) is 1. The third-order valence-corrected chi connectivity index (χ3v) is 5.85. The lowest BCUT2D eigenvalue weighted by Gasteiger charge is -2.25. The number of halogens is 1. The molecule has 0 spiro atoms. The fourth-order valence-electron chi connectivity index (χ4n) is 4.01. The van der Waals surface area contributed by atoms with Crippen LogP contribution in [-0.4, -0.2) is 11.5 Å². The first-order chi connectivity index (χ1) is 13.8. The van der Waals surface area contributed by atoms with Gasteiger partial charge in [0.1, 0.15) is 12.4 Å². The molecule has 3 nitrogen and oxygen atoms in total. The molecule has 2 N–H and O–H groups in total. The normalized spacial score (nSPS) is 16.1. The van der Waals surface area contributed by atoms with Gasteiger partial charge in [-0.25, -0.2) is 0 Å². The molecule has 5 rings (SSSR count). The predicted molar refractivity (Wildman–Crippen MR) is 117 cm³/mol. The zero-order valence-corrected chi connectivity index (χ0v) is 17.0. The van der Waals surface area contributed by atoms with Gasteiger partial charge in [-0.05, 0) is 53.4 Å². The van der Waals surface area contributed by atoms with Crippen molar-refractivity contribution in [2.24, 2.45) is 0 Å². The lowest BCUT2D eigenvalue weighted by Crippen LogP contribution is -2.30. The van der Waals surface area contributed by atoms with Crippen LogP contribution in [0.1, 0.15) is 28.4 Å². The summed E-state index contributed by atoms with van der Waals surface area (Å²) in [5, 5.41) is 4.92. The predicted octanol–water partition coefficient (Wildman–Crippen LogP) is 5.74. The standard InChI is InChI=1S/C24H21BrN2O/c25-18-8-4-7-17(13-18)23-24-20(11-12-26-23)21-14-19(9-10-22(21)27-24)28-15-16-5-2-1-3-6-16/h1-10,13-14,23,26-27H,11-12,15H2. The molecule has 4 aromatic rings. The summed E-state index contributed by atoms with van der Waals surface area (Å²) in [6.07, 6.45) is 1.02. The monoisotopic (exact) mass is 432 g/mol. The summed E-state index contributed by atoms with van der Waals surface area (Å²) in [6.45, 7) is 1.55. The number of hydrogen-bond donors (Lipinski definition) is 2. The summed E-state index contributed by atoms with van der Waals surface area (Å²) in [5.41, 5.74) is 6.27. The first-order valence-corrected chi connectivity index (χ1v) is 10.4. The summed E-state index contributed by atoms with van der Waals surface area (Å²) in [5.74, 6) is 0.913. The van der Waals surface area contributed by atoms with Crippen LogP contribution in [0.4, 0.5) is 0 Å². The van der Waals surface area contributed by atoms with Crippen LogP contribution in [-0.2, 0) is 13.0 Å². The van der Waals surface area contributed by atoms with E-state index in [0.717, 1.165) is 23.2 Å². The van der Waals surface area contributed by atoms with Gasteiger partial charge in [-0.15, -0.1) is 0 Å². The first kappa shape index (κ1) is 17.5. The van der Waals surface area contributed by atoms with Crippen LogP contribution in [0.5, 0.6) is 5.75 Å². The molecule has 140 valence electrons. The van der Waals surface area contributed by atoms with E-state index < -0.39 is 0 Å². The Labute approximate surface area is 172 Å². The van der Waals surface area contributed by atoms with E-state index >= 15 is 0 Å². The van der Waals surface area contributed by atoms with E-state index in [2.05, 4.69) is 80.8 Å². The van der Waals surface area contributed by atoms with Gasteiger partial charge < -0.3 is 15.0 Å². The van der Waals surface area contributed by atoms with Crippen molar-refractivity contribution in [1.29, 1.82) is 0 Å². The second-order valence-electron chi connectivity index (χ2n) is 7.19. The van der Waals surface area contributed by atoms with Crippen LogP contribution in [0.2, 0.25) is 0 Å². The quantitative estimate of drug-likeness (QED) is 0.431. The molecule has 0 fully saturated rings. The van der Waals surface area contributed by atoms with Crippen molar-refractivity contribution in [3.8, 4) is 5.75 Å². The highest BCUT2D eigenvalue weighted by Crippen LogP contribution is 2.35. The number of hydrogen-bond acceptors (Lipinski definition) is 2. The molecule has 4 heteroatoms. The van der Waals surface area contributed by atoms with Gasteiger partial charge >= 0.3 is 0 Å². The fourth-order valence-corrected chi connectivity index (χ4v) is 4.43. The number of fused-ring (bicyclic) bond motifs is 3. The van der Waals surface area contributed by atoms with Crippen molar-refractivity contribution in [3.05, 3.63) is 99.7 Å². The molecule has 0 saturated carbocycles. The highest BCUT2D eigenvalue weighted by Gasteiger charge is 2.25. The molecule has 1 aliphatic heterocycles. The SMILES string of the molecule is Brc1cccc(C2NCCc3c2[nH]c2ccc(OCc4ccccc4)cc32)c1. The number of aromatic amines is 1. The van der Waals surface area contributed by atoms with Crippen molar-refractivity contribution in [2.45, 2.75) is 19.1 Å². The van der Waals surface area contributed by atoms with Gasteiger partial charge in [0.25, 0.3) is 0 Å². The molecule has 0 bridgehead atoms. The summed E-state index contributed by atoms with van der Waals surface area (Å²) in [4.78, 5) is 3.65.